The van der Waals surface area contributed by atoms with Gasteiger partial charge in [0.05, 0.1) is 18.1 Å². The molecule has 1 aromatic rings. The number of benzene rings is 1. The predicted molar refractivity (Wildman–Crippen MR) is 87.8 cm³/mol. The molecule has 1 aromatic carbocycles. The Labute approximate surface area is 145 Å². The highest BCUT2D eigenvalue weighted by atomic mass is 19.4. The van der Waals surface area contributed by atoms with Crippen molar-refractivity contribution in [2.24, 2.45) is 5.73 Å². The summed E-state index contributed by atoms with van der Waals surface area (Å²) < 4.78 is 43.4. The lowest BCUT2D eigenvalue weighted by Crippen LogP contribution is -2.49. The van der Waals surface area contributed by atoms with Crippen molar-refractivity contribution in [3.05, 3.63) is 35.4 Å². The second-order valence-electron chi connectivity index (χ2n) is 6.15. The van der Waals surface area contributed by atoms with Crippen LogP contribution in [0.4, 0.5) is 13.2 Å². The van der Waals surface area contributed by atoms with Crippen LogP contribution in [-0.2, 0) is 22.3 Å². The Hall–Kier alpha value is -1.64. The maximum absolute atomic E-state index is 12.8. The molecule has 8 heteroatoms. The van der Waals surface area contributed by atoms with Gasteiger partial charge in [-0.2, -0.15) is 13.2 Å². The van der Waals surface area contributed by atoms with Crippen LogP contribution in [0.15, 0.2) is 24.3 Å². The first-order valence-electron chi connectivity index (χ1n) is 8.22. The summed E-state index contributed by atoms with van der Waals surface area (Å²) in [6, 6.07) is 5.37. The second kappa shape index (κ2) is 8.64. The van der Waals surface area contributed by atoms with E-state index in [4.69, 9.17) is 10.5 Å². The van der Waals surface area contributed by atoms with E-state index in [0.29, 0.717) is 38.3 Å². The van der Waals surface area contributed by atoms with Crippen molar-refractivity contribution >= 4 is 5.91 Å². The molecule has 0 aromatic heterocycles. The summed E-state index contributed by atoms with van der Waals surface area (Å²) in [5.41, 5.74) is 5.52. The number of halogens is 3. The molecule has 25 heavy (non-hydrogen) atoms. The fourth-order valence-corrected chi connectivity index (χ4v) is 2.85. The number of piperazine rings is 1. The molecule has 5 nitrogen and oxygen atoms in total. The number of rotatable bonds is 6. The van der Waals surface area contributed by atoms with Gasteiger partial charge in [-0.05, 0) is 11.6 Å². The Morgan fingerprint density at radius 2 is 1.96 bits per heavy atom. The molecule has 0 bridgehead atoms. The van der Waals surface area contributed by atoms with E-state index in [9.17, 15) is 18.0 Å². The van der Waals surface area contributed by atoms with Crippen molar-refractivity contribution in [2.75, 3.05) is 39.8 Å². The maximum Gasteiger partial charge on any atom is 0.416 e. The number of alkyl halides is 3. The van der Waals surface area contributed by atoms with Gasteiger partial charge in [-0.25, -0.2) is 0 Å². The zero-order valence-electron chi connectivity index (χ0n) is 14.3. The van der Waals surface area contributed by atoms with Crippen LogP contribution < -0.4 is 5.73 Å². The lowest BCUT2D eigenvalue weighted by atomic mass is 10.1. The molecule has 140 valence electrons. The molecule has 1 saturated heterocycles. The van der Waals surface area contributed by atoms with Crippen molar-refractivity contribution < 1.29 is 22.7 Å². The van der Waals surface area contributed by atoms with E-state index in [2.05, 4.69) is 4.90 Å². The molecule has 1 atom stereocenters. The number of amides is 1. The summed E-state index contributed by atoms with van der Waals surface area (Å²) in [5, 5.41) is 0. The lowest BCUT2D eigenvalue weighted by molar-refractivity contribution is -0.138. The van der Waals surface area contributed by atoms with E-state index in [0.717, 1.165) is 6.07 Å². The molecule has 0 aliphatic carbocycles. The molecule has 2 rings (SSSR count). The van der Waals surface area contributed by atoms with Gasteiger partial charge in [0.15, 0.2) is 0 Å². The maximum atomic E-state index is 12.8. The summed E-state index contributed by atoms with van der Waals surface area (Å²) in [6.45, 7) is 3.09. The molecule has 1 aliphatic rings. The highest BCUT2D eigenvalue weighted by Gasteiger charge is 2.30. The molecule has 0 saturated carbocycles. The van der Waals surface area contributed by atoms with Crippen LogP contribution in [0.3, 0.4) is 0 Å². The first-order valence-corrected chi connectivity index (χ1v) is 8.22. The van der Waals surface area contributed by atoms with Gasteiger partial charge in [0, 0.05) is 46.4 Å². The normalized spacial score (nSPS) is 17.6. The summed E-state index contributed by atoms with van der Waals surface area (Å²) in [6.07, 6.45) is -4.36. The SMILES string of the molecule is COC(CN)CC(=O)N1CCN(Cc2cccc(C(F)(F)F)c2)CC1. The van der Waals surface area contributed by atoms with Gasteiger partial charge < -0.3 is 15.4 Å². The van der Waals surface area contributed by atoms with Crippen LogP contribution >= 0.6 is 0 Å². The minimum atomic E-state index is -4.33. The highest BCUT2D eigenvalue weighted by Crippen LogP contribution is 2.29. The van der Waals surface area contributed by atoms with Crippen molar-refractivity contribution in [1.29, 1.82) is 0 Å². The summed E-state index contributed by atoms with van der Waals surface area (Å²) in [4.78, 5) is 16.0. The van der Waals surface area contributed by atoms with E-state index in [1.807, 2.05) is 0 Å². The molecule has 1 fully saturated rings. The fraction of sp³-hybridized carbons (Fsp3) is 0.588. The Kier molecular flexibility index (Phi) is 6.80. The van der Waals surface area contributed by atoms with Gasteiger partial charge >= 0.3 is 6.18 Å². The molecular formula is C17H24F3N3O2. The van der Waals surface area contributed by atoms with Crippen molar-refractivity contribution in [2.45, 2.75) is 25.2 Å². The van der Waals surface area contributed by atoms with Crippen molar-refractivity contribution in [3.8, 4) is 0 Å². The van der Waals surface area contributed by atoms with E-state index in [1.165, 1.54) is 19.2 Å². The molecule has 1 unspecified atom stereocenters. The second-order valence-corrected chi connectivity index (χ2v) is 6.15. The standard InChI is InChI=1S/C17H24F3N3O2/c1-25-15(11-21)10-16(24)23-7-5-22(6-8-23)12-13-3-2-4-14(9-13)17(18,19)20/h2-4,9,15H,5-8,10-12,21H2,1H3. The van der Waals surface area contributed by atoms with Gasteiger partial charge in [0.1, 0.15) is 0 Å². The van der Waals surface area contributed by atoms with E-state index in [-0.39, 0.29) is 25.0 Å². The largest absolute Gasteiger partial charge is 0.416 e. The van der Waals surface area contributed by atoms with Crippen LogP contribution in [-0.4, -0.2) is 61.6 Å². The third kappa shape index (κ3) is 5.69. The Morgan fingerprint density at radius 3 is 2.52 bits per heavy atom. The Balaban J connectivity index is 1.85. The van der Waals surface area contributed by atoms with Crippen molar-refractivity contribution in [1.82, 2.24) is 9.80 Å². The number of hydrogen-bond acceptors (Lipinski definition) is 4. The third-order valence-electron chi connectivity index (χ3n) is 4.38. The smallest absolute Gasteiger partial charge is 0.380 e. The minimum absolute atomic E-state index is 0.00369. The van der Waals surface area contributed by atoms with Gasteiger partial charge in [0.25, 0.3) is 0 Å². The first kappa shape index (κ1) is 19.7. The van der Waals surface area contributed by atoms with E-state index >= 15 is 0 Å². The van der Waals surface area contributed by atoms with Gasteiger partial charge in [-0.15, -0.1) is 0 Å². The molecule has 0 spiro atoms. The predicted octanol–water partition coefficient (Wildman–Crippen LogP) is 1.71. The zero-order chi connectivity index (χ0) is 18.4. The van der Waals surface area contributed by atoms with Gasteiger partial charge in [0.2, 0.25) is 5.91 Å². The molecule has 2 N–H and O–H groups in total. The number of hydrogen-bond donors (Lipinski definition) is 1. The zero-order valence-corrected chi connectivity index (χ0v) is 14.3. The van der Waals surface area contributed by atoms with Crippen LogP contribution in [0.25, 0.3) is 0 Å². The van der Waals surface area contributed by atoms with Gasteiger partial charge in [-0.1, -0.05) is 18.2 Å². The minimum Gasteiger partial charge on any atom is -0.380 e. The number of ether oxygens (including phenoxy) is 1. The number of carbonyl (C=O) groups excluding carboxylic acids is 1. The monoisotopic (exact) mass is 359 g/mol. The summed E-state index contributed by atoms with van der Waals surface area (Å²) in [5.74, 6) is -0.00369. The number of nitrogens with two attached hydrogens (primary N) is 1. The van der Waals surface area contributed by atoms with Gasteiger partial charge in [-0.3, -0.25) is 9.69 Å². The Bertz CT molecular complexity index is 569. The van der Waals surface area contributed by atoms with Crippen LogP contribution in [0, 0.1) is 0 Å². The Morgan fingerprint density at radius 1 is 1.28 bits per heavy atom. The third-order valence-corrected chi connectivity index (χ3v) is 4.38. The van der Waals surface area contributed by atoms with E-state index < -0.39 is 11.7 Å². The van der Waals surface area contributed by atoms with Crippen LogP contribution in [0.5, 0.6) is 0 Å². The van der Waals surface area contributed by atoms with E-state index in [1.54, 1.807) is 11.0 Å². The molecule has 1 heterocycles. The molecule has 1 amide bonds. The molecular weight excluding hydrogens is 335 g/mol. The number of nitrogens with zero attached hydrogens (tertiary/aromatic N) is 2. The topological polar surface area (TPSA) is 58.8 Å². The molecule has 1 aliphatic heterocycles. The average Bonchev–Trinajstić information content (AvgIpc) is 2.59. The average molecular weight is 359 g/mol. The summed E-state index contributed by atoms with van der Waals surface area (Å²) >= 11 is 0. The summed E-state index contributed by atoms with van der Waals surface area (Å²) in [7, 11) is 1.53. The lowest BCUT2D eigenvalue weighted by Gasteiger charge is -2.35. The van der Waals surface area contributed by atoms with Crippen LogP contribution in [0.1, 0.15) is 17.5 Å². The van der Waals surface area contributed by atoms with Crippen molar-refractivity contribution in [3.63, 3.8) is 0 Å². The fourth-order valence-electron chi connectivity index (χ4n) is 2.85. The number of carbonyl (C=O) groups is 1. The highest BCUT2D eigenvalue weighted by molar-refractivity contribution is 5.76. The number of methoxy groups -OCH3 is 1. The quantitative estimate of drug-likeness (QED) is 0.840. The first-order chi connectivity index (χ1) is 11.8. The molecule has 0 radical (unpaired) electrons. The van der Waals surface area contributed by atoms with Crippen LogP contribution in [0.2, 0.25) is 0 Å².